The number of hydrogen-bond donors (Lipinski definition) is 0. The van der Waals surface area contributed by atoms with Crippen molar-refractivity contribution in [3.8, 4) is 5.88 Å². The molecule has 1 saturated heterocycles. The van der Waals surface area contributed by atoms with Gasteiger partial charge >= 0.3 is 6.18 Å². The lowest BCUT2D eigenvalue weighted by Crippen LogP contribution is -2.25. The zero-order chi connectivity index (χ0) is 18.0. The molecule has 1 fully saturated rings. The fraction of sp³-hybridized carbons (Fsp3) is 0.471. The second kappa shape index (κ2) is 6.85. The van der Waals surface area contributed by atoms with E-state index in [1.807, 2.05) is 19.9 Å². The highest BCUT2D eigenvalue weighted by Crippen LogP contribution is 2.29. The second-order valence-electron chi connectivity index (χ2n) is 6.29. The zero-order valence-corrected chi connectivity index (χ0v) is 14.0. The largest absolute Gasteiger partial charge is 0.472 e. The van der Waals surface area contributed by atoms with Crippen molar-refractivity contribution >= 4 is 5.82 Å². The highest BCUT2D eigenvalue weighted by atomic mass is 19.4. The van der Waals surface area contributed by atoms with Gasteiger partial charge in [-0.1, -0.05) is 13.8 Å². The summed E-state index contributed by atoms with van der Waals surface area (Å²) in [6.07, 6.45) is -1.24. The molecule has 1 unspecified atom stereocenters. The number of nitrogens with zero attached hydrogens (tertiary/aromatic N) is 4. The molecular formula is C17H19F3N4O. The van der Waals surface area contributed by atoms with Gasteiger partial charge in [0.25, 0.3) is 0 Å². The maximum absolute atomic E-state index is 12.6. The summed E-state index contributed by atoms with van der Waals surface area (Å²) in [6.45, 7) is 5.44. The SMILES string of the molecule is CC(C)c1nccc(N2CCC(Oc3ccc(C(F)(F)F)cn3)C2)n1. The Morgan fingerprint density at radius 3 is 2.64 bits per heavy atom. The fourth-order valence-electron chi connectivity index (χ4n) is 2.64. The number of aromatic nitrogens is 3. The lowest BCUT2D eigenvalue weighted by molar-refractivity contribution is -0.137. The summed E-state index contributed by atoms with van der Waals surface area (Å²) in [6, 6.07) is 4.09. The number of rotatable bonds is 4. The van der Waals surface area contributed by atoms with E-state index in [1.165, 1.54) is 6.07 Å². The van der Waals surface area contributed by atoms with Gasteiger partial charge in [-0.05, 0) is 12.1 Å². The Bertz CT molecular complexity index is 719. The molecule has 0 N–H and O–H groups in total. The van der Waals surface area contributed by atoms with Gasteiger partial charge in [-0.25, -0.2) is 15.0 Å². The first-order chi connectivity index (χ1) is 11.8. The van der Waals surface area contributed by atoms with Gasteiger partial charge in [-0.2, -0.15) is 13.2 Å². The number of hydrogen-bond acceptors (Lipinski definition) is 5. The van der Waals surface area contributed by atoms with Crippen LogP contribution in [0, 0.1) is 0 Å². The smallest absolute Gasteiger partial charge is 0.417 e. The number of halogens is 3. The summed E-state index contributed by atoms with van der Waals surface area (Å²) in [5, 5.41) is 0. The first-order valence-corrected chi connectivity index (χ1v) is 8.10. The van der Waals surface area contributed by atoms with Crippen LogP contribution < -0.4 is 9.64 Å². The molecule has 8 heteroatoms. The van der Waals surface area contributed by atoms with Gasteiger partial charge < -0.3 is 9.64 Å². The molecule has 0 bridgehead atoms. The Morgan fingerprint density at radius 1 is 1.20 bits per heavy atom. The van der Waals surface area contributed by atoms with Gasteiger partial charge in [0, 0.05) is 37.3 Å². The molecule has 0 amide bonds. The summed E-state index contributed by atoms with van der Waals surface area (Å²) < 4.78 is 43.4. The van der Waals surface area contributed by atoms with Crippen LogP contribution in [0.15, 0.2) is 30.6 Å². The van der Waals surface area contributed by atoms with E-state index in [0.717, 1.165) is 36.9 Å². The van der Waals surface area contributed by atoms with Crippen LogP contribution in [0.1, 0.15) is 37.6 Å². The van der Waals surface area contributed by atoms with Crippen LogP contribution in [-0.4, -0.2) is 34.1 Å². The lowest BCUT2D eigenvalue weighted by Gasteiger charge is -2.18. The molecule has 5 nitrogen and oxygen atoms in total. The third-order valence-electron chi connectivity index (χ3n) is 4.00. The van der Waals surface area contributed by atoms with E-state index in [-0.39, 0.29) is 17.9 Å². The standard InChI is InChI=1S/C17H19F3N4O/c1-11(2)16-21-7-5-14(23-16)24-8-6-13(10-24)25-15-4-3-12(9-22-15)17(18,19)20/h3-5,7,9,11,13H,6,8,10H2,1-2H3. The average Bonchev–Trinajstić information content (AvgIpc) is 3.03. The van der Waals surface area contributed by atoms with Crippen molar-refractivity contribution in [1.82, 2.24) is 15.0 Å². The van der Waals surface area contributed by atoms with Crippen molar-refractivity contribution in [3.05, 3.63) is 42.0 Å². The molecular weight excluding hydrogens is 333 g/mol. The number of alkyl halides is 3. The molecule has 1 aliphatic heterocycles. The van der Waals surface area contributed by atoms with Gasteiger partial charge in [-0.3, -0.25) is 0 Å². The second-order valence-corrected chi connectivity index (χ2v) is 6.29. The number of pyridine rings is 1. The van der Waals surface area contributed by atoms with Gasteiger partial charge in [0.15, 0.2) is 0 Å². The van der Waals surface area contributed by atoms with Gasteiger partial charge in [-0.15, -0.1) is 0 Å². The quantitative estimate of drug-likeness (QED) is 0.840. The molecule has 0 saturated carbocycles. The maximum Gasteiger partial charge on any atom is 0.417 e. The minimum Gasteiger partial charge on any atom is -0.472 e. The molecule has 0 aromatic carbocycles. The van der Waals surface area contributed by atoms with Gasteiger partial charge in [0.1, 0.15) is 17.7 Å². The fourth-order valence-corrected chi connectivity index (χ4v) is 2.64. The van der Waals surface area contributed by atoms with Crippen molar-refractivity contribution in [3.63, 3.8) is 0 Å². The molecule has 0 spiro atoms. The summed E-state index contributed by atoms with van der Waals surface area (Å²) in [7, 11) is 0. The van der Waals surface area contributed by atoms with Crippen LogP contribution >= 0.6 is 0 Å². The predicted molar refractivity (Wildman–Crippen MR) is 86.6 cm³/mol. The van der Waals surface area contributed by atoms with Gasteiger partial charge in [0.05, 0.1) is 12.1 Å². The Kier molecular flexibility index (Phi) is 4.78. The number of ether oxygens (including phenoxy) is 1. The van der Waals surface area contributed by atoms with E-state index < -0.39 is 11.7 Å². The van der Waals surface area contributed by atoms with Gasteiger partial charge in [0.2, 0.25) is 5.88 Å². The molecule has 3 heterocycles. The van der Waals surface area contributed by atoms with E-state index in [2.05, 4.69) is 19.9 Å². The number of anilines is 1. The highest BCUT2D eigenvalue weighted by Gasteiger charge is 2.31. The van der Waals surface area contributed by atoms with Crippen molar-refractivity contribution in [2.75, 3.05) is 18.0 Å². The molecule has 2 aromatic rings. The molecule has 0 aliphatic carbocycles. The van der Waals surface area contributed by atoms with E-state index in [1.54, 1.807) is 6.20 Å². The monoisotopic (exact) mass is 352 g/mol. The summed E-state index contributed by atoms with van der Waals surface area (Å²) >= 11 is 0. The van der Waals surface area contributed by atoms with Crippen LogP contribution in [0.3, 0.4) is 0 Å². The molecule has 134 valence electrons. The summed E-state index contributed by atoms with van der Waals surface area (Å²) in [5.41, 5.74) is -0.782. The molecule has 3 rings (SSSR count). The molecule has 2 aromatic heterocycles. The van der Waals surface area contributed by atoms with Crippen LogP contribution in [-0.2, 0) is 6.18 Å². The Hall–Kier alpha value is -2.38. The Labute approximate surface area is 143 Å². The molecule has 1 aliphatic rings. The lowest BCUT2D eigenvalue weighted by atomic mass is 10.2. The Balaban J connectivity index is 1.62. The van der Waals surface area contributed by atoms with Crippen LogP contribution in [0.25, 0.3) is 0 Å². The summed E-state index contributed by atoms with van der Waals surface area (Å²) in [5.74, 6) is 2.06. The predicted octanol–water partition coefficient (Wildman–Crippen LogP) is 3.67. The van der Waals surface area contributed by atoms with Crippen molar-refractivity contribution < 1.29 is 17.9 Å². The van der Waals surface area contributed by atoms with E-state index in [9.17, 15) is 13.2 Å². The normalized spacial score (nSPS) is 18.0. The van der Waals surface area contributed by atoms with Crippen molar-refractivity contribution in [2.24, 2.45) is 0 Å². The molecule has 1 atom stereocenters. The maximum atomic E-state index is 12.6. The van der Waals surface area contributed by atoms with Crippen LogP contribution in [0.2, 0.25) is 0 Å². The van der Waals surface area contributed by atoms with E-state index in [4.69, 9.17) is 4.74 Å². The van der Waals surface area contributed by atoms with Crippen LogP contribution in [0.4, 0.5) is 19.0 Å². The third kappa shape index (κ3) is 4.18. The Morgan fingerprint density at radius 2 is 2.00 bits per heavy atom. The first kappa shape index (κ1) is 17.4. The molecule has 25 heavy (non-hydrogen) atoms. The topological polar surface area (TPSA) is 51.1 Å². The van der Waals surface area contributed by atoms with Crippen molar-refractivity contribution in [2.45, 2.75) is 38.5 Å². The first-order valence-electron chi connectivity index (χ1n) is 8.10. The minimum atomic E-state index is -4.39. The summed E-state index contributed by atoms with van der Waals surface area (Å²) in [4.78, 5) is 14.7. The average molecular weight is 352 g/mol. The van der Waals surface area contributed by atoms with Crippen molar-refractivity contribution in [1.29, 1.82) is 0 Å². The highest BCUT2D eigenvalue weighted by molar-refractivity contribution is 5.39. The van der Waals surface area contributed by atoms with E-state index in [0.29, 0.717) is 6.54 Å². The molecule has 0 radical (unpaired) electrons. The van der Waals surface area contributed by atoms with E-state index >= 15 is 0 Å². The van der Waals surface area contributed by atoms with Crippen LogP contribution in [0.5, 0.6) is 5.88 Å². The zero-order valence-electron chi connectivity index (χ0n) is 14.0. The third-order valence-corrected chi connectivity index (χ3v) is 4.00. The minimum absolute atomic E-state index is 0.137.